The molecule has 0 unspecified atom stereocenters. The lowest BCUT2D eigenvalue weighted by Gasteiger charge is -2.12. The second-order valence-electron chi connectivity index (χ2n) is 7.56. The van der Waals surface area contributed by atoms with Crippen molar-refractivity contribution in [2.45, 2.75) is 52.4 Å². The van der Waals surface area contributed by atoms with E-state index in [0.29, 0.717) is 11.6 Å². The van der Waals surface area contributed by atoms with Crippen molar-refractivity contribution in [3.63, 3.8) is 0 Å². The summed E-state index contributed by atoms with van der Waals surface area (Å²) in [6.45, 7) is 8.29. The summed E-state index contributed by atoms with van der Waals surface area (Å²) < 4.78 is 1.87. The van der Waals surface area contributed by atoms with Crippen molar-refractivity contribution in [3.05, 3.63) is 52.5 Å². The van der Waals surface area contributed by atoms with Crippen LogP contribution in [-0.2, 0) is 0 Å². The Kier molecular flexibility index (Phi) is 3.83. The number of fused-ring (bicyclic) bond motifs is 1. The van der Waals surface area contributed by atoms with Crippen molar-refractivity contribution in [1.29, 1.82) is 0 Å². The fourth-order valence-electron chi connectivity index (χ4n) is 3.67. The highest BCUT2D eigenvalue weighted by molar-refractivity contribution is 5.89. The lowest BCUT2D eigenvalue weighted by atomic mass is 9.94. The Morgan fingerprint density at radius 1 is 1.19 bits per heavy atom. The molecule has 3 aromatic rings. The first kappa shape index (κ1) is 16.8. The van der Waals surface area contributed by atoms with Crippen LogP contribution in [-0.4, -0.2) is 25.7 Å². The summed E-state index contributed by atoms with van der Waals surface area (Å²) in [5.41, 5.74) is 7.14. The average molecular weight is 349 g/mol. The summed E-state index contributed by atoms with van der Waals surface area (Å²) in [7, 11) is 0. The molecule has 5 heteroatoms. The van der Waals surface area contributed by atoms with Crippen LogP contribution in [0.3, 0.4) is 0 Å². The average Bonchev–Trinajstić information content (AvgIpc) is 3.35. The monoisotopic (exact) mass is 349 g/mol. The third-order valence-electron chi connectivity index (χ3n) is 5.15. The number of carbonyl (C=O) groups is 1. The molecule has 1 saturated carbocycles. The minimum Gasteiger partial charge on any atom is -0.477 e. The van der Waals surface area contributed by atoms with Crippen LogP contribution in [0, 0.1) is 13.8 Å². The zero-order valence-electron chi connectivity index (χ0n) is 15.6. The summed E-state index contributed by atoms with van der Waals surface area (Å²) in [5, 5.41) is 14.5. The molecule has 134 valence electrons. The molecule has 0 spiro atoms. The topological polar surface area (TPSA) is 67.5 Å². The van der Waals surface area contributed by atoms with Crippen molar-refractivity contribution in [2.75, 3.05) is 0 Å². The van der Waals surface area contributed by atoms with Gasteiger partial charge in [0.05, 0.1) is 11.3 Å². The van der Waals surface area contributed by atoms with Crippen molar-refractivity contribution in [1.82, 2.24) is 14.6 Å². The van der Waals surface area contributed by atoms with Gasteiger partial charge in [0, 0.05) is 11.6 Å². The van der Waals surface area contributed by atoms with Gasteiger partial charge in [-0.3, -0.25) is 0 Å². The van der Waals surface area contributed by atoms with Crippen LogP contribution in [0.1, 0.15) is 71.5 Å². The van der Waals surface area contributed by atoms with Gasteiger partial charge < -0.3 is 5.11 Å². The first-order valence-electron chi connectivity index (χ1n) is 9.12. The van der Waals surface area contributed by atoms with Gasteiger partial charge in [0.25, 0.3) is 0 Å². The van der Waals surface area contributed by atoms with Gasteiger partial charge in [0.2, 0.25) is 0 Å². The van der Waals surface area contributed by atoms with Crippen molar-refractivity contribution < 1.29 is 9.90 Å². The van der Waals surface area contributed by atoms with E-state index in [9.17, 15) is 9.90 Å². The van der Waals surface area contributed by atoms with Crippen molar-refractivity contribution >= 4 is 11.6 Å². The Hall–Kier alpha value is -2.69. The van der Waals surface area contributed by atoms with E-state index in [1.165, 1.54) is 0 Å². The number of carboxylic acid groups (broad SMARTS) is 1. The lowest BCUT2D eigenvalue weighted by molar-refractivity contribution is 0.0690. The van der Waals surface area contributed by atoms with E-state index < -0.39 is 5.97 Å². The summed E-state index contributed by atoms with van der Waals surface area (Å²) in [4.78, 5) is 16.2. The number of aryl methyl sites for hydroxylation is 2. The minimum atomic E-state index is -1.00. The van der Waals surface area contributed by atoms with Gasteiger partial charge in [-0.15, -0.1) is 0 Å². The highest BCUT2D eigenvalue weighted by atomic mass is 16.4. The molecule has 0 aliphatic heterocycles. The van der Waals surface area contributed by atoms with Crippen LogP contribution >= 0.6 is 0 Å². The Balaban J connectivity index is 2.14. The SMILES string of the molecule is Cc1cccc(C)c1-c1c(C2CC2)nn2c(C(C)C)cc(C(=O)O)nc12. The van der Waals surface area contributed by atoms with Crippen LogP contribution in [0.5, 0.6) is 0 Å². The predicted molar refractivity (Wildman–Crippen MR) is 101 cm³/mol. The third-order valence-corrected chi connectivity index (χ3v) is 5.15. The Morgan fingerprint density at radius 3 is 2.38 bits per heavy atom. The quantitative estimate of drug-likeness (QED) is 0.740. The van der Waals surface area contributed by atoms with Crippen molar-refractivity contribution in [3.8, 4) is 11.1 Å². The number of aromatic nitrogens is 3. The molecule has 1 aromatic carbocycles. The summed E-state index contributed by atoms with van der Waals surface area (Å²) in [6, 6.07) is 7.88. The summed E-state index contributed by atoms with van der Waals surface area (Å²) in [6.07, 6.45) is 2.26. The Morgan fingerprint density at radius 2 is 1.85 bits per heavy atom. The van der Waals surface area contributed by atoms with E-state index in [1.807, 2.05) is 10.6 Å². The maximum Gasteiger partial charge on any atom is 0.354 e. The Bertz CT molecular complexity index is 1010. The van der Waals surface area contributed by atoms with Gasteiger partial charge in [0.15, 0.2) is 11.3 Å². The normalized spacial score (nSPS) is 14.3. The maximum atomic E-state index is 11.7. The lowest BCUT2D eigenvalue weighted by Crippen LogP contribution is -2.09. The van der Waals surface area contributed by atoms with Crippen LogP contribution in [0.15, 0.2) is 24.3 Å². The number of nitrogens with zero attached hydrogens (tertiary/aromatic N) is 3. The number of aromatic carboxylic acids is 1. The maximum absolute atomic E-state index is 11.7. The second-order valence-corrected chi connectivity index (χ2v) is 7.56. The van der Waals surface area contributed by atoms with E-state index in [4.69, 9.17) is 5.10 Å². The molecule has 1 aliphatic carbocycles. The molecule has 1 aliphatic rings. The molecule has 0 atom stereocenters. The molecule has 0 saturated heterocycles. The summed E-state index contributed by atoms with van der Waals surface area (Å²) >= 11 is 0. The van der Waals surface area contributed by atoms with Gasteiger partial charge in [-0.25, -0.2) is 14.3 Å². The number of rotatable bonds is 4. The number of benzene rings is 1. The molecule has 1 fully saturated rings. The second kappa shape index (κ2) is 5.94. The van der Waals surface area contributed by atoms with E-state index in [-0.39, 0.29) is 11.6 Å². The van der Waals surface area contributed by atoms with E-state index in [0.717, 1.165) is 46.5 Å². The molecule has 2 aromatic heterocycles. The standard InChI is InChI=1S/C21H23N3O2/c1-11(2)16-10-15(21(25)26)22-20-18(17-12(3)6-5-7-13(17)4)19(14-8-9-14)23-24(16)20/h5-7,10-11,14H,8-9H2,1-4H3,(H,25,26). The van der Waals surface area contributed by atoms with Gasteiger partial charge in [-0.05, 0) is 55.4 Å². The fraction of sp³-hybridized carbons (Fsp3) is 0.381. The van der Waals surface area contributed by atoms with Crippen molar-refractivity contribution in [2.24, 2.45) is 0 Å². The molecule has 4 rings (SSSR count). The van der Waals surface area contributed by atoms with Crippen LogP contribution in [0.2, 0.25) is 0 Å². The number of carboxylic acids is 1. The zero-order chi connectivity index (χ0) is 18.6. The van der Waals surface area contributed by atoms with Crippen LogP contribution in [0.4, 0.5) is 0 Å². The van der Waals surface area contributed by atoms with E-state index >= 15 is 0 Å². The van der Waals surface area contributed by atoms with Gasteiger partial charge >= 0.3 is 5.97 Å². The molecule has 0 bridgehead atoms. The van der Waals surface area contributed by atoms with E-state index in [2.05, 4.69) is 44.8 Å². The van der Waals surface area contributed by atoms with Gasteiger partial charge in [-0.2, -0.15) is 5.10 Å². The molecular weight excluding hydrogens is 326 g/mol. The Labute approximate surface area is 152 Å². The van der Waals surface area contributed by atoms with E-state index in [1.54, 1.807) is 6.07 Å². The molecule has 0 amide bonds. The van der Waals surface area contributed by atoms with Gasteiger partial charge in [0.1, 0.15) is 0 Å². The fourth-order valence-corrected chi connectivity index (χ4v) is 3.67. The predicted octanol–water partition coefficient (Wildman–Crippen LogP) is 4.71. The van der Waals surface area contributed by atoms with Crippen LogP contribution < -0.4 is 0 Å². The smallest absolute Gasteiger partial charge is 0.354 e. The first-order valence-corrected chi connectivity index (χ1v) is 9.12. The molecular formula is C21H23N3O2. The highest BCUT2D eigenvalue weighted by Crippen LogP contribution is 2.46. The van der Waals surface area contributed by atoms with Crippen LogP contribution in [0.25, 0.3) is 16.8 Å². The number of hydrogen-bond donors (Lipinski definition) is 1. The largest absolute Gasteiger partial charge is 0.477 e. The molecule has 26 heavy (non-hydrogen) atoms. The number of hydrogen-bond acceptors (Lipinski definition) is 3. The molecule has 1 N–H and O–H groups in total. The highest BCUT2D eigenvalue weighted by Gasteiger charge is 2.33. The minimum absolute atomic E-state index is 0.0796. The molecule has 2 heterocycles. The molecule has 5 nitrogen and oxygen atoms in total. The third kappa shape index (κ3) is 2.59. The zero-order valence-corrected chi connectivity index (χ0v) is 15.6. The first-order chi connectivity index (χ1) is 12.4. The van der Waals surface area contributed by atoms with Gasteiger partial charge in [-0.1, -0.05) is 32.0 Å². The summed E-state index contributed by atoms with van der Waals surface area (Å²) in [5.74, 6) is -0.411. The molecule has 0 radical (unpaired) electrons.